The predicted octanol–water partition coefficient (Wildman–Crippen LogP) is 2.46. The van der Waals surface area contributed by atoms with Crippen LogP contribution in [0.25, 0.3) is 0 Å². The quantitative estimate of drug-likeness (QED) is 0.829. The van der Waals surface area contributed by atoms with Crippen LogP contribution in [0.4, 0.5) is 5.82 Å². The highest BCUT2D eigenvalue weighted by Gasteiger charge is 2.25. The number of halogens is 2. The van der Waals surface area contributed by atoms with E-state index in [-0.39, 0.29) is 17.9 Å². The van der Waals surface area contributed by atoms with Crippen LogP contribution in [0.15, 0.2) is 15.4 Å². The number of rotatable bonds is 2. The molecule has 1 heterocycles. The zero-order valence-electron chi connectivity index (χ0n) is 9.70. The fourth-order valence-electron chi connectivity index (χ4n) is 2.03. The Hall–Kier alpha value is -0.530. The minimum Gasteiger partial charge on any atom is -0.328 e. The van der Waals surface area contributed by atoms with Gasteiger partial charge in [0.25, 0.3) is 0 Å². The Labute approximate surface area is 122 Å². The van der Waals surface area contributed by atoms with Gasteiger partial charge in [-0.25, -0.2) is 9.97 Å². The van der Waals surface area contributed by atoms with Crippen LogP contribution < -0.4 is 11.1 Å². The maximum atomic E-state index is 12.1. The lowest BCUT2D eigenvalue weighted by molar-refractivity contribution is -0.120. The smallest absolute Gasteiger partial charge is 0.228 e. The third-order valence-electron chi connectivity index (χ3n) is 3.08. The molecule has 1 aliphatic carbocycles. The van der Waals surface area contributed by atoms with Crippen molar-refractivity contribution in [1.82, 2.24) is 9.97 Å². The molecule has 5 nitrogen and oxygen atoms in total. The van der Waals surface area contributed by atoms with Crippen LogP contribution in [-0.2, 0) is 4.79 Å². The maximum absolute atomic E-state index is 12.1. The molecule has 0 atom stereocenters. The van der Waals surface area contributed by atoms with Gasteiger partial charge in [-0.1, -0.05) is 0 Å². The van der Waals surface area contributed by atoms with E-state index >= 15 is 0 Å². The molecule has 3 N–H and O–H groups in total. The first kappa shape index (κ1) is 13.9. The number of carbonyl (C=O) groups is 1. The van der Waals surface area contributed by atoms with Gasteiger partial charge in [0.15, 0.2) is 5.82 Å². The Morgan fingerprint density at radius 3 is 2.61 bits per heavy atom. The van der Waals surface area contributed by atoms with Crippen LogP contribution in [-0.4, -0.2) is 21.9 Å². The second kappa shape index (κ2) is 6.08. The number of nitrogens with two attached hydrogens (primary N) is 1. The largest absolute Gasteiger partial charge is 0.328 e. The van der Waals surface area contributed by atoms with Crippen LogP contribution in [0.5, 0.6) is 0 Å². The highest BCUT2D eigenvalue weighted by molar-refractivity contribution is 9.11. The summed E-state index contributed by atoms with van der Waals surface area (Å²) in [4.78, 5) is 20.3. The Morgan fingerprint density at radius 1 is 1.33 bits per heavy atom. The molecule has 1 aliphatic rings. The zero-order chi connectivity index (χ0) is 13.1. The summed E-state index contributed by atoms with van der Waals surface area (Å²) in [5.41, 5.74) is 5.82. The molecule has 7 heteroatoms. The number of carbonyl (C=O) groups excluding carboxylic acids is 1. The third kappa shape index (κ3) is 3.49. The van der Waals surface area contributed by atoms with Crippen LogP contribution >= 0.6 is 31.9 Å². The number of anilines is 1. The van der Waals surface area contributed by atoms with E-state index in [1.165, 1.54) is 0 Å². The first-order chi connectivity index (χ1) is 8.56. The first-order valence-electron chi connectivity index (χ1n) is 5.80. The molecule has 0 spiro atoms. The van der Waals surface area contributed by atoms with Crippen molar-refractivity contribution < 1.29 is 4.79 Å². The number of hydrogen-bond donors (Lipinski definition) is 2. The second-order valence-electron chi connectivity index (χ2n) is 4.43. The highest BCUT2D eigenvalue weighted by Crippen LogP contribution is 2.26. The molecule has 2 rings (SSSR count). The lowest BCUT2D eigenvalue weighted by Crippen LogP contribution is -2.32. The fourth-order valence-corrected chi connectivity index (χ4v) is 2.94. The maximum Gasteiger partial charge on any atom is 0.228 e. The van der Waals surface area contributed by atoms with Crippen molar-refractivity contribution in [2.45, 2.75) is 31.7 Å². The summed E-state index contributed by atoms with van der Waals surface area (Å²) in [6.45, 7) is 0. The number of amides is 1. The molecule has 0 radical (unpaired) electrons. The lowest BCUT2D eigenvalue weighted by Gasteiger charge is -2.25. The number of hydrogen-bond acceptors (Lipinski definition) is 4. The van der Waals surface area contributed by atoms with Crippen molar-refractivity contribution in [2.24, 2.45) is 11.7 Å². The number of nitrogens with one attached hydrogen (secondary N) is 1. The van der Waals surface area contributed by atoms with Gasteiger partial charge in [0.05, 0.1) is 6.20 Å². The van der Waals surface area contributed by atoms with E-state index in [4.69, 9.17) is 5.73 Å². The molecule has 0 aliphatic heterocycles. The normalized spacial score (nSPS) is 23.7. The van der Waals surface area contributed by atoms with E-state index in [2.05, 4.69) is 47.1 Å². The molecule has 1 saturated carbocycles. The van der Waals surface area contributed by atoms with Gasteiger partial charge in [-0.2, -0.15) is 0 Å². The van der Waals surface area contributed by atoms with Crippen LogP contribution in [0.2, 0.25) is 0 Å². The van der Waals surface area contributed by atoms with Gasteiger partial charge in [-0.3, -0.25) is 4.79 Å². The van der Waals surface area contributed by atoms with Gasteiger partial charge in [0.1, 0.15) is 9.21 Å². The van der Waals surface area contributed by atoms with E-state index in [1.54, 1.807) is 6.20 Å². The van der Waals surface area contributed by atoms with Crippen molar-refractivity contribution in [3.05, 3.63) is 15.4 Å². The van der Waals surface area contributed by atoms with Crippen LogP contribution in [0.3, 0.4) is 0 Å². The van der Waals surface area contributed by atoms with Gasteiger partial charge >= 0.3 is 0 Å². The van der Waals surface area contributed by atoms with Crippen molar-refractivity contribution in [2.75, 3.05) is 5.32 Å². The molecular formula is C11H14Br2N4O. The van der Waals surface area contributed by atoms with Gasteiger partial charge in [0, 0.05) is 12.0 Å². The Balaban J connectivity index is 1.98. The molecule has 98 valence electrons. The summed E-state index contributed by atoms with van der Waals surface area (Å²) in [7, 11) is 0. The minimum atomic E-state index is -0.000720. The third-order valence-corrected chi connectivity index (χ3v) is 4.02. The average Bonchev–Trinajstić information content (AvgIpc) is 2.33. The first-order valence-corrected chi connectivity index (χ1v) is 7.39. The van der Waals surface area contributed by atoms with E-state index in [0.29, 0.717) is 15.0 Å². The highest BCUT2D eigenvalue weighted by atomic mass is 79.9. The predicted molar refractivity (Wildman–Crippen MR) is 76.0 cm³/mol. The summed E-state index contributed by atoms with van der Waals surface area (Å²) >= 11 is 6.49. The Morgan fingerprint density at radius 2 is 2.00 bits per heavy atom. The summed E-state index contributed by atoms with van der Waals surface area (Å²) in [6, 6.07) is 0.244. The Kier molecular flexibility index (Phi) is 4.69. The van der Waals surface area contributed by atoms with Crippen LogP contribution in [0, 0.1) is 5.92 Å². The van der Waals surface area contributed by atoms with E-state index in [9.17, 15) is 4.79 Å². The van der Waals surface area contributed by atoms with Crippen molar-refractivity contribution in [3.63, 3.8) is 0 Å². The van der Waals surface area contributed by atoms with Gasteiger partial charge < -0.3 is 11.1 Å². The SMILES string of the molecule is NC1CCC(C(=O)Nc2ncc(Br)nc2Br)CC1. The molecule has 0 unspecified atom stereocenters. The van der Waals surface area contributed by atoms with Gasteiger partial charge in [-0.15, -0.1) is 0 Å². The van der Waals surface area contributed by atoms with Crippen molar-refractivity contribution >= 4 is 43.6 Å². The van der Waals surface area contributed by atoms with Crippen molar-refractivity contribution in [1.29, 1.82) is 0 Å². The van der Waals surface area contributed by atoms with E-state index < -0.39 is 0 Å². The monoisotopic (exact) mass is 376 g/mol. The summed E-state index contributed by atoms with van der Waals surface area (Å²) in [5.74, 6) is 0.486. The van der Waals surface area contributed by atoms with Crippen LogP contribution in [0.1, 0.15) is 25.7 Å². The van der Waals surface area contributed by atoms with E-state index in [1.807, 2.05) is 0 Å². The number of aromatic nitrogens is 2. The topological polar surface area (TPSA) is 80.9 Å². The second-order valence-corrected chi connectivity index (χ2v) is 6.00. The molecule has 1 amide bonds. The van der Waals surface area contributed by atoms with Crippen molar-refractivity contribution in [3.8, 4) is 0 Å². The zero-order valence-corrected chi connectivity index (χ0v) is 12.9. The summed E-state index contributed by atoms with van der Waals surface area (Å²) in [6.07, 6.45) is 5.05. The summed E-state index contributed by atoms with van der Waals surface area (Å²) < 4.78 is 1.15. The number of nitrogens with zero attached hydrogens (tertiary/aromatic N) is 2. The summed E-state index contributed by atoms with van der Waals surface area (Å²) in [5, 5.41) is 2.80. The molecule has 1 aromatic heterocycles. The molecule has 0 bridgehead atoms. The Bertz CT molecular complexity index is 447. The standard InChI is InChI=1S/C11H14Br2N4O/c12-8-5-15-10(9(13)16-8)17-11(18)6-1-3-7(14)4-2-6/h5-7H,1-4,14H2,(H,15,17,18). The molecule has 0 aromatic carbocycles. The van der Waals surface area contributed by atoms with E-state index in [0.717, 1.165) is 25.7 Å². The molecular weight excluding hydrogens is 364 g/mol. The molecule has 18 heavy (non-hydrogen) atoms. The average molecular weight is 378 g/mol. The minimum absolute atomic E-state index is 0.000720. The lowest BCUT2D eigenvalue weighted by atomic mass is 9.86. The molecule has 0 saturated heterocycles. The fraction of sp³-hybridized carbons (Fsp3) is 0.545. The van der Waals surface area contributed by atoms with Gasteiger partial charge in [-0.05, 0) is 57.5 Å². The molecule has 1 aromatic rings. The van der Waals surface area contributed by atoms with Gasteiger partial charge in [0.2, 0.25) is 5.91 Å². The molecule has 1 fully saturated rings.